The van der Waals surface area contributed by atoms with Crippen molar-refractivity contribution < 1.29 is 51.4 Å². The second-order valence-electron chi connectivity index (χ2n) is 2.95. The molecule has 0 unspecified atom stereocenters. The number of aryl methyl sites for hydroxylation is 2. The third kappa shape index (κ3) is 8.19. The normalized spacial score (nSPS) is 8.29. The molecule has 0 N–H and O–H groups in total. The first-order chi connectivity index (χ1) is 6.33. The maximum absolute atomic E-state index is 3.82. The van der Waals surface area contributed by atoms with Crippen LogP contribution in [0.3, 0.4) is 0 Å². The van der Waals surface area contributed by atoms with E-state index in [1.54, 1.807) is 0 Å². The van der Waals surface area contributed by atoms with Crippen LogP contribution in [0, 0.1) is 13.8 Å². The molecule has 1 aromatic carbocycles. The van der Waals surface area contributed by atoms with Crippen molar-refractivity contribution >= 4 is 0 Å². The number of hydrogen-bond donors (Lipinski definition) is 0. The van der Waals surface area contributed by atoms with Crippen LogP contribution >= 0.6 is 0 Å². The van der Waals surface area contributed by atoms with E-state index >= 15 is 0 Å². The standard InChI is InChI=1S/C11H15.C2H6.K/c1-3-4-7-11-8-5-6-10(2)9-11;1-2;/h5-6,8-9H,1,3-4,7H2,2H3;1-2H3;/q-1;;+1. The third-order valence-corrected chi connectivity index (χ3v) is 1.80. The molecule has 1 rings (SSSR count). The van der Waals surface area contributed by atoms with Gasteiger partial charge in [-0.15, -0.1) is 0 Å². The zero-order valence-electron chi connectivity index (χ0n) is 10.1. The predicted octanol–water partition coefficient (Wildman–Crippen LogP) is 1.18. The van der Waals surface area contributed by atoms with E-state index in [-0.39, 0.29) is 51.4 Å². The molecule has 0 aliphatic carbocycles. The van der Waals surface area contributed by atoms with E-state index in [0.717, 1.165) is 6.42 Å². The molecule has 0 saturated carbocycles. The molecule has 74 valence electrons. The summed E-state index contributed by atoms with van der Waals surface area (Å²) in [5.41, 5.74) is 2.79. The summed E-state index contributed by atoms with van der Waals surface area (Å²) in [6.45, 7) is 9.96. The summed E-state index contributed by atoms with van der Waals surface area (Å²) < 4.78 is 0. The molecule has 0 spiro atoms. The molecule has 0 nitrogen and oxygen atoms in total. The van der Waals surface area contributed by atoms with Crippen LogP contribution in [-0.4, -0.2) is 0 Å². The Morgan fingerprint density at radius 2 is 1.86 bits per heavy atom. The second kappa shape index (κ2) is 11.9. The van der Waals surface area contributed by atoms with Crippen molar-refractivity contribution in [1.82, 2.24) is 0 Å². The summed E-state index contributed by atoms with van der Waals surface area (Å²) in [4.78, 5) is 0. The topological polar surface area (TPSA) is 0 Å². The fourth-order valence-electron chi connectivity index (χ4n) is 1.20. The zero-order chi connectivity index (χ0) is 10.1. The van der Waals surface area contributed by atoms with Crippen LogP contribution < -0.4 is 51.4 Å². The molecule has 1 heteroatoms. The molecular weight excluding hydrogens is 195 g/mol. The van der Waals surface area contributed by atoms with Gasteiger partial charge in [-0.05, 0) is 18.9 Å². The van der Waals surface area contributed by atoms with Crippen LogP contribution in [0.2, 0.25) is 0 Å². The van der Waals surface area contributed by atoms with Crippen molar-refractivity contribution in [2.24, 2.45) is 0 Å². The Morgan fingerprint density at radius 3 is 2.36 bits per heavy atom. The molecule has 0 atom stereocenters. The molecule has 1 aromatic rings. The Kier molecular flexibility index (Phi) is 14.7. The first-order valence-corrected chi connectivity index (χ1v) is 5.17. The van der Waals surface area contributed by atoms with Gasteiger partial charge in [-0.1, -0.05) is 50.1 Å². The molecule has 0 heterocycles. The molecule has 0 bridgehead atoms. The molecule has 0 fully saturated rings. The summed E-state index contributed by atoms with van der Waals surface area (Å²) in [6.07, 6.45) is 3.41. The minimum Gasteiger partial charge on any atom is -0.343 e. The second-order valence-corrected chi connectivity index (χ2v) is 2.95. The Hall–Kier alpha value is 0.856. The van der Waals surface area contributed by atoms with Crippen molar-refractivity contribution in [2.75, 3.05) is 0 Å². The van der Waals surface area contributed by atoms with E-state index in [1.807, 2.05) is 13.8 Å². The molecule has 14 heavy (non-hydrogen) atoms. The average Bonchev–Trinajstić information content (AvgIpc) is 2.18. The fraction of sp³-hybridized carbons (Fsp3) is 0.462. The molecular formula is C13H21K. The minimum atomic E-state index is 0. The average molecular weight is 216 g/mol. The van der Waals surface area contributed by atoms with E-state index in [2.05, 4.69) is 38.1 Å². The van der Waals surface area contributed by atoms with E-state index in [4.69, 9.17) is 0 Å². The van der Waals surface area contributed by atoms with Gasteiger partial charge in [-0.2, -0.15) is 6.42 Å². The van der Waals surface area contributed by atoms with Gasteiger partial charge in [0.15, 0.2) is 0 Å². The third-order valence-electron chi connectivity index (χ3n) is 1.80. The van der Waals surface area contributed by atoms with Gasteiger partial charge in [-0.3, -0.25) is 0 Å². The van der Waals surface area contributed by atoms with Crippen molar-refractivity contribution in [3.8, 4) is 0 Å². The molecule has 0 aromatic heterocycles. The Balaban J connectivity index is 0. The largest absolute Gasteiger partial charge is 1.00 e. The number of hydrogen-bond acceptors (Lipinski definition) is 0. The maximum Gasteiger partial charge on any atom is 1.00 e. The first kappa shape index (κ1) is 17.3. The summed E-state index contributed by atoms with van der Waals surface area (Å²) in [5.74, 6) is 0. The van der Waals surface area contributed by atoms with Gasteiger partial charge in [0.2, 0.25) is 0 Å². The quantitative estimate of drug-likeness (QED) is 0.526. The predicted molar refractivity (Wildman–Crippen MR) is 60.8 cm³/mol. The molecule has 0 saturated heterocycles. The summed E-state index contributed by atoms with van der Waals surface area (Å²) >= 11 is 0. The molecule has 0 aliphatic heterocycles. The summed E-state index contributed by atoms with van der Waals surface area (Å²) in [6, 6.07) is 8.68. The van der Waals surface area contributed by atoms with E-state index < -0.39 is 0 Å². The molecule has 0 radical (unpaired) electrons. The van der Waals surface area contributed by atoms with Crippen LogP contribution in [0.5, 0.6) is 0 Å². The van der Waals surface area contributed by atoms with Crippen LogP contribution in [0.15, 0.2) is 24.3 Å². The van der Waals surface area contributed by atoms with Gasteiger partial charge in [0.1, 0.15) is 0 Å². The monoisotopic (exact) mass is 216 g/mol. The van der Waals surface area contributed by atoms with Crippen LogP contribution in [0.4, 0.5) is 0 Å². The number of benzene rings is 1. The zero-order valence-corrected chi connectivity index (χ0v) is 13.3. The van der Waals surface area contributed by atoms with Crippen LogP contribution in [0.25, 0.3) is 0 Å². The van der Waals surface area contributed by atoms with Gasteiger partial charge in [-0.25, -0.2) is 0 Å². The van der Waals surface area contributed by atoms with E-state index in [9.17, 15) is 0 Å². The minimum absolute atomic E-state index is 0. The smallest absolute Gasteiger partial charge is 0.343 e. The van der Waals surface area contributed by atoms with Crippen molar-refractivity contribution in [1.29, 1.82) is 0 Å². The molecule has 0 aliphatic rings. The van der Waals surface area contributed by atoms with Gasteiger partial charge in [0, 0.05) is 0 Å². The van der Waals surface area contributed by atoms with Gasteiger partial charge in [0.25, 0.3) is 0 Å². The van der Waals surface area contributed by atoms with E-state index in [0.29, 0.717) is 0 Å². The Morgan fingerprint density at radius 1 is 1.21 bits per heavy atom. The van der Waals surface area contributed by atoms with Gasteiger partial charge in [0.05, 0.1) is 0 Å². The van der Waals surface area contributed by atoms with Crippen molar-refractivity contribution in [2.45, 2.75) is 40.0 Å². The molecule has 0 amide bonds. The SMILES string of the molecule is CC.[CH2-]CCCc1cccc(C)c1.[K+]. The Bertz CT molecular complexity index is 218. The van der Waals surface area contributed by atoms with Crippen molar-refractivity contribution in [3.05, 3.63) is 42.3 Å². The summed E-state index contributed by atoms with van der Waals surface area (Å²) in [5, 5.41) is 0. The van der Waals surface area contributed by atoms with Crippen LogP contribution in [0.1, 0.15) is 37.8 Å². The fourth-order valence-corrected chi connectivity index (χ4v) is 1.20. The summed E-state index contributed by atoms with van der Waals surface area (Å²) in [7, 11) is 0. The van der Waals surface area contributed by atoms with Gasteiger partial charge < -0.3 is 6.92 Å². The number of unbranched alkanes of at least 4 members (excludes halogenated alkanes) is 1. The van der Waals surface area contributed by atoms with Crippen LogP contribution in [-0.2, 0) is 6.42 Å². The maximum atomic E-state index is 3.82. The Labute approximate surface area is 132 Å². The number of rotatable bonds is 3. The first-order valence-electron chi connectivity index (χ1n) is 5.17. The van der Waals surface area contributed by atoms with E-state index in [1.165, 1.54) is 24.0 Å². The van der Waals surface area contributed by atoms with Gasteiger partial charge >= 0.3 is 51.4 Å². The van der Waals surface area contributed by atoms with Crippen molar-refractivity contribution in [3.63, 3.8) is 0 Å².